The molecule has 14 heavy (non-hydrogen) atoms. The summed E-state index contributed by atoms with van der Waals surface area (Å²) in [5, 5.41) is 2.91. The largest absolute Gasteiger partial charge is 0.428 e. The molecular formula is C10H12N2O2. The molecule has 0 bridgehead atoms. The Morgan fingerprint density at radius 1 is 1.43 bits per heavy atom. The van der Waals surface area contributed by atoms with Crippen LogP contribution in [0, 0.1) is 0 Å². The second kappa shape index (κ2) is 3.67. The van der Waals surface area contributed by atoms with E-state index in [-0.39, 0.29) is 12.3 Å². The SMILES string of the molecule is CNC1CN(c2ccccc2)C(=O)O1. The Bertz CT molecular complexity index is 326. The second-order valence-electron chi connectivity index (χ2n) is 3.11. The van der Waals surface area contributed by atoms with E-state index in [0.717, 1.165) is 5.69 Å². The summed E-state index contributed by atoms with van der Waals surface area (Å²) in [6, 6.07) is 9.49. The first-order valence-electron chi connectivity index (χ1n) is 4.51. The minimum absolute atomic E-state index is 0.206. The van der Waals surface area contributed by atoms with Gasteiger partial charge in [-0.15, -0.1) is 0 Å². The highest BCUT2D eigenvalue weighted by Gasteiger charge is 2.30. The van der Waals surface area contributed by atoms with Gasteiger partial charge in [-0.2, -0.15) is 0 Å². The predicted octanol–water partition coefficient (Wildman–Crippen LogP) is 1.19. The number of nitrogens with one attached hydrogen (secondary N) is 1. The standard InChI is InChI=1S/C10H12N2O2/c1-11-9-7-12(10(13)14-9)8-5-3-2-4-6-8/h2-6,9,11H,7H2,1H3. The van der Waals surface area contributed by atoms with Crippen molar-refractivity contribution in [2.24, 2.45) is 0 Å². The van der Waals surface area contributed by atoms with Crippen LogP contribution in [0.15, 0.2) is 30.3 Å². The number of amides is 1. The number of ether oxygens (including phenoxy) is 1. The van der Waals surface area contributed by atoms with Crippen molar-refractivity contribution in [3.8, 4) is 0 Å². The molecule has 2 rings (SSSR count). The third kappa shape index (κ3) is 1.56. The van der Waals surface area contributed by atoms with E-state index < -0.39 is 0 Å². The van der Waals surface area contributed by atoms with Crippen LogP contribution in [-0.2, 0) is 4.74 Å². The zero-order valence-corrected chi connectivity index (χ0v) is 7.93. The summed E-state index contributed by atoms with van der Waals surface area (Å²) in [7, 11) is 1.77. The van der Waals surface area contributed by atoms with Crippen LogP contribution >= 0.6 is 0 Å². The van der Waals surface area contributed by atoms with Crippen molar-refractivity contribution < 1.29 is 9.53 Å². The lowest BCUT2D eigenvalue weighted by atomic mass is 10.3. The van der Waals surface area contributed by atoms with Gasteiger partial charge in [-0.1, -0.05) is 18.2 Å². The molecule has 4 heteroatoms. The number of hydrogen-bond acceptors (Lipinski definition) is 3. The Hall–Kier alpha value is -1.55. The molecule has 4 nitrogen and oxygen atoms in total. The second-order valence-corrected chi connectivity index (χ2v) is 3.11. The first-order valence-corrected chi connectivity index (χ1v) is 4.51. The van der Waals surface area contributed by atoms with Gasteiger partial charge in [0.15, 0.2) is 6.23 Å². The smallest absolute Gasteiger partial charge is 0.416 e. The molecule has 1 aromatic carbocycles. The van der Waals surface area contributed by atoms with Crippen LogP contribution in [0.4, 0.5) is 10.5 Å². The monoisotopic (exact) mass is 192 g/mol. The summed E-state index contributed by atoms with van der Waals surface area (Å²) in [4.78, 5) is 13.0. The van der Waals surface area contributed by atoms with Gasteiger partial charge in [-0.05, 0) is 19.2 Å². The minimum atomic E-state index is -0.296. The van der Waals surface area contributed by atoms with Crippen molar-refractivity contribution in [2.75, 3.05) is 18.5 Å². The number of nitrogens with zero attached hydrogens (tertiary/aromatic N) is 1. The molecule has 1 aliphatic heterocycles. The molecule has 1 saturated heterocycles. The van der Waals surface area contributed by atoms with Gasteiger partial charge in [0.25, 0.3) is 0 Å². The highest BCUT2D eigenvalue weighted by atomic mass is 16.6. The van der Waals surface area contributed by atoms with E-state index in [1.165, 1.54) is 0 Å². The van der Waals surface area contributed by atoms with Crippen molar-refractivity contribution >= 4 is 11.8 Å². The third-order valence-electron chi connectivity index (χ3n) is 2.20. The summed E-state index contributed by atoms with van der Waals surface area (Å²) in [6.45, 7) is 0.555. The molecular weight excluding hydrogens is 180 g/mol. The topological polar surface area (TPSA) is 41.6 Å². The van der Waals surface area contributed by atoms with Crippen LogP contribution in [0.2, 0.25) is 0 Å². The van der Waals surface area contributed by atoms with Gasteiger partial charge in [-0.25, -0.2) is 4.79 Å². The quantitative estimate of drug-likeness (QED) is 0.765. The van der Waals surface area contributed by atoms with Gasteiger partial charge in [0.1, 0.15) is 0 Å². The molecule has 1 N–H and O–H groups in total. The zero-order chi connectivity index (χ0) is 9.97. The van der Waals surface area contributed by atoms with Crippen molar-refractivity contribution in [1.82, 2.24) is 5.32 Å². The average molecular weight is 192 g/mol. The molecule has 1 unspecified atom stereocenters. The molecule has 74 valence electrons. The van der Waals surface area contributed by atoms with E-state index >= 15 is 0 Å². The Morgan fingerprint density at radius 2 is 2.14 bits per heavy atom. The molecule has 0 aromatic heterocycles. The molecule has 0 aliphatic carbocycles. The van der Waals surface area contributed by atoms with Gasteiger partial charge in [0, 0.05) is 5.69 Å². The first-order chi connectivity index (χ1) is 6.81. The molecule has 1 atom stereocenters. The Kier molecular flexibility index (Phi) is 2.37. The first kappa shape index (κ1) is 9.02. The predicted molar refractivity (Wildman–Crippen MR) is 53.1 cm³/mol. The van der Waals surface area contributed by atoms with Crippen molar-refractivity contribution in [2.45, 2.75) is 6.23 Å². The number of cyclic esters (lactones) is 1. The summed E-state index contributed by atoms with van der Waals surface area (Å²) >= 11 is 0. The number of benzene rings is 1. The van der Waals surface area contributed by atoms with Gasteiger partial charge in [0.2, 0.25) is 0 Å². The van der Waals surface area contributed by atoms with Crippen LogP contribution in [0.3, 0.4) is 0 Å². The van der Waals surface area contributed by atoms with Gasteiger partial charge in [0.05, 0.1) is 6.54 Å². The number of likely N-dealkylation sites (N-methyl/N-ethyl adjacent to an activating group) is 1. The highest BCUT2D eigenvalue weighted by molar-refractivity contribution is 5.89. The highest BCUT2D eigenvalue weighted by Crippen LogP contribution is 2.19. The Labute approximate surface area is 82.5 Å². The van der Waals surface area contributed by atoms with E-state index in [1.54, 1.807) is 11.9 Å². The van der Waals surface area contributed by atoms with Crippen molar-refractivity contribution in [3.05, 3.63) is 30.3 Å². The number of rotatable bonds is 2. The van der Waals surface area contributed by atoms with Gasteiger partial charge in [-0.3, -0.25) is 10.2 Å². The molecule has 0 radical (unpaired) electrons. The summed E-state index contributed by atoms with van der Waals surface area (Å²) < 4.78 is 5.05. The summed E-state index contributed by atoms with van der Waals surface area (Å²) in [5.74, 6) is 0. The minimum Gasteiger partial charge on any atom is -0.428 e. The maximum Gasteiger partial charge on any atom is 0.416 e. The zero-order valence-electron chi connectivity index (χ0n) is 7.93. The lowest BCUT2D eigenvalue weighted by Crippen LogP contribution is -2.30. The number of anilines is 1. The molecule has 1 fully saturated rings. The fraction of sp³-hybridized carbons (Fsp3) is 0.300. The lowest BCUT2D eigenvalue weighted by Gasteiger charge is -2.11. The third-order valence-corrected chi connectivity index (χ3v) is 2.20. The maximum atomic E-state index is 11.4. The van der Waals surface area contributed by atoms with Crippen LogP contribution in [0.5, 0.6) is 0 Å². The average Bonchev–Trinajstić information content (AvgIpc) is 2.61. The van der Waals surface area contributed by atoms with Crippen molar-refractivity contribution in [3.63, 3.8) is 0 Å². The van der Waals surface area contributed by atoms with Crippen LogP contribution in [-0.4, -0.2) is 25.9 Å². The van der Waals surface area contributed by atoms with E-state index in [2.05, 4.69) is 5.32 Å². The van der Waals surface area contributed by atoms with Crippen LogP contribution in [0.25, 0.3) is 0 Å². The van der Waals surface area contributed by atoms with E-state index in [1.807, 2.05) is 30.3 Å². The molecule has 1 aromatic rings. The van der Waals surface area contributed by atoms with Gasteiger partial charge >= 0.3 is 6.09 Å². The lowest BCUT2D eigenvalue weighted by molar-refractivity contribution is 0.128. The van der Waals surface area contributed by atoms with E-state index in [0.29, 0.717) is 6.54 Å². The molecule has 1 heterocycles. The summed E-state index contributed by atoms with van der Waals surface area (Å²) in [6.07, 6.45) is -0.502. The van der Waals surface area contributed by atoms with Crippen LogP contribution < -0.4 is 10.2 Å². The maximum absolute atomic E-state index is 11.4. The molecule has 0 saturated carbocycles. The van der Waals surface area contributed by atoms with E-state index in [4.69, 9.17) is 4.74 Å². The molecule has 0 spiro atoms. The normalized spacial score (nSPS) is 21.1. The number of carbonyl (C=O) groups is 1. The number of carbonyl (C=O) groups excluding carboxylic acids is 1. The summed E-state index contributed by atoms with van der Waals surface area (Å²) in [5.41, 5.74) is 0.871. The fourth-order valence-electron chi connectivity index (χ4n) is 1.43. The number of hydrogen-bond donors (Lipinski definition) is 1. The number of para-hydroxylation sites is 1. The molecule has 1 aliphatic rings. The Balaban J connectivity index is 2.17. The van der Waals surface area contributed by atoms with Gasteiger partial charge < -0.3 is 4.74 Å². The van der Waals surface area contributed by atoms with Crippen LogP contribution in [0.1, 0.15) is 0 Å². The fourth-order valence-corrected chi connectivity index (χ4v) is 1.43. The Morgan fingerprint density at radius 3 is 2.71 bits per heavy atom. The van der Waals surface area contributed by atoms with E-state index in [9.17, 15) is 4.79 Å². The molecule has 1 amide bonds. The van der Waals surface area contributed by atoms with Crippen molar-refractivity contribution in [1.29, 1.82) is 0 Å².